The highest BCUT2D eigenvalue weighted by atomic mass is 16.5. The molecular formula is C6H9N3O2. The van der Waals surface area contributed by atoms with Crippen LogP contribution in [0, 0.1) is 16.9 Å². The van der Waals surface area contributed by atoms with Crippen LogP contribution in [0.4, 0.5) is 0 Å². The van der Waals surface area contributed by atoms with Crippen LogP contribution in [0.2, 0.25) is 0 Å². The average Bonchev–Trinajstić information content (AvgIpc) is 2.03. The van der Waals surface area contributed by atoms with Gasteiger partial charge in [-0.05, 0) is 0 Å². The number of aliphatic imine (C=N–C) groups is 1. The summed E-state index contributed by atoms with van der Waals surface area (Å²) in [5.74, 6) is 0.195. The summed E-state index contributed by atoms with van der Waals surface area (Å²) in [7, 11) is 2.76. The maximum absolute atomic E-state index is 8.12. The van der Waals surface area contributed by atoms with Gasteiger partial charge in [0.25, 0.3) is 0 Å². The van der Waals surface area contributed by atoms with E-state index in [0.717, 1.165) is 0 Å². The molecule has 0 amide bonds. The van der Waals surface area contributed by atoms with Crippen molar-refractivity contribution >= 4 is 11.8 Å². The van der Waals surface area contributed by atoms with Crippen LogP contribution in [0.15, 0.2) is 4.99 Å². The van der Waals surface area contributed by atoms with Gasteiger partial charge in [-0.15, -0.1) is 4.99 Å². The first-order valence-corrected chi connectivity index (χ1v) is 2.85. The summed E-state index contributed by atoms with van der Waals surface area (Å²) in [6, 6.07) is 0. The van der Waals surface area contributed by atoms with Crippen LogP contribution in [0.1, 0.15) is 6.42 Å². The van der Waals surface area contributed by atoms with Gasteiger partial charge < -0.3 is 9.47 Å². The van der Waals surface area contributed by atoms with Crippen molar-refractivity contribution < 1.29 is 9.47 Å². The van der Waals surface area contributed by atoms with E-state index >= 15 is 0 Å². The van der Waals surface area contributed by atoms with Crippen molar-refractivity contribution in [1.29, 1.82) is 10.7 Å². The molecule has 0 aromatic carbocycles. The first-order valence-electron chi connectivity index (χ1n) is 2.85. The number of nitrogens with one attached hydrogen (secondary N) is 1. The molecule has 0 unspecified atom stereocenters. The van der Waals surface area contributed by atoms with Crippen LogP contribution < -0.4 is 0 Å². The van der Waals surface area contributed by atoms with Gasteiger partial charge in [-0.1, -0.05) is 0 Å². The molecule has 0 aromatic rings. The van der Waals surface area contributed by atoms with Crippen LogP contribution in [-0.4, -0.2) is 26.0 Å². The molecule has 0 fully saturated rings. The highest BCUT2D eigenvalue weighted by molar-refractivity contribution is 5.95. The highest BCUT2D eigenvalue weighted by Crippen LogP contribution is 1.90. The lowest BCUT2D eigenvalue weighted by Crippen LogP contribution is -2.09. The Kier molecular flexibility index (Phi) is 4.49. The number of methoxy groups -OCH3 is 2. The second-order valence-electron chi connectivity index (χ2n) is 1.61. The highest BCUT2D eigenvalue weighted by Gasteiger charge is 2.02. The van der Waals surface area contributed by atoms with Crippen LogP contribution in [0.5, 0.6) is 0 Å². The molecule has 0 aliphatic heterocycles. The summed E-state index contributed by atoms with van der Waals surface area (Å²) in [6.07, 6.45) is 1.67. The van der Waals surface area contributed by atoms with Crippen LogP contribution in [0.3, 0.4) is 0 Å². The van der Waals surface area contributed by atoms with E-state index in [9.17, 15) is 0 Å². The number of nitrogens with zero attached hydrogens (tertiary/aromatic N) is 2. The SMILES string of the molecule is COC(=N)CC(=NC#N)OC. The van der Waals surface area contributed by atoms with E-state index in [1.807, 2.05) is 0 Å². The van der Waals surface area contributed by atoms with Crippen molar-refractivity contribution in [3.05, 3.63) is 0 Å². The van der Waals surface area contributed by atoms with Crippen LogP contribution in [0.25, 0.3) is 0 Å². The predicted octanol–water partition coefficient (Wildman–Crippen LogP) is 0.526. The van der Waals surface area contributed by atoms with E-state index in [-0.39, 0.29) is 18.2 Å². The Bertz CT molecular complexity index is 204. The summed E-state index contributed by atoms with van der Waals surface area (Å²) in [6.45, 7) is 0. The average molecular weight is 155 g/mol. The van der Waals surface area contributed by atoms with E-state index in [1.54, 1.807) is 6.19 Å². The molecule has 60 valence electrons. The Morgan fingerprint density at radius 2 is 2.18 bits per heavy atom. The van der Waals surface area contributed by atoms with Gasteiger partial charge >= 0.3 is 0 Å². The minimum Gasteiger partial charge on any atom is -0.484 e. The number of hydrogen-bond donors (Lipinski definition) is 1. The third-order valence-electron chi connectivity index (χ3n) is 0.969. The Morgan fingerprint density at radius 1 is 1.55 bits per heavy atom. The second-order valence-corrected chi connectivity index (χ2v) is 1.61. The normalized spacial score (nSPS) is 10.1. The second kappa shape index (κ2) is 5.23. The van der Waals surface area contributed by atoms with Gasteiger partial charge in [0.05, 0.1) is 14.2 Å². The first-order chi connectivity index (χ1) is 5.24. The summed E-state index contributed by atoms with van der Waals surface area (Å²) in [4.78, 5) is 3.31. The zero-order valence-electron chi connectivity index (χ0n) is 6.42. The van der Waals surface area contributed by atoms with E-state index in [1.165, 1.54) is 14.2 Å². The molecule has 0 aliphatic rings. The monoisotopic (exact) mass is 155 g/mol. The zero-order valence-corrected chi connectivity index (χ0v) is 6.42. The molecule has 0 saturated carbocycles. The number of ether oxygens (including phenoxy) is 2. The summed E-state index contributed by atoms with van der Waals surface area (Å²) >= 11 is 0. The fraction of sp³-hybridized carbons (Fsp3) is 0.500. The first kappa shape index (κ1) is 9.43. The molecule has 11 heavy (non-hydrogen) atoms. The van der Waals surface area contributed by atoms with Crippen molar-refractivity contribution in [2.24, 2.45) is 4.99 Å². The number of nitriles is 1. The molecular weight excluding hydrogens is 146 g/mol. The maximum atomic E-state index is 8.12. The zero-order chi connectivity index (χ0) is 8.69. The van der Waals surface area contributed by atoms with E-state index < -0.39 is 0 Å². The standard InChI is InChI=1S/C6H9N3O2/c1-10-5(8)3-6(11-2)9-4-7/h8H,3H2,1-2H3. The van der Waals surface area contributed by atoms with Crippen LogP contribution >= 0.6 is 0 Å². The molecule has 0 atom stereocenters. The smallest absolute Gasteiger partial charge is 0.208 e. The van der Waals surface area contributed by atoms with Gasteiger partial charge in [-0.3, -0.25) is 5.41 Å². The maximum Gasteiger partial charge on any atom is 0.208 e. The molecule has 0 aromatic heterocycles. The lowest BCUT2D eigenvalue weighted by Gasteiger charge is -2.02. The molecule has 0 spiro atoms. The van der Waals surface area contributed by atoms with E-state index in [0.29, 0.717) is 0 Å². The Morgan fingerprint density at radius 3 is 2.55 bits per heavy atom. The predicted molar refractivity (Wildman–Crippen MR) is 39.4 cm³/mol. The third-order valence-corrected chi connectivity index (χ3v) is 0.969. The van der Waals surface area contributed by atoms with Crippen molar-refractivity contribution in [3.63, 3.8) is 0 Å². The molecule has 0 aliphatic carbocycles. The fourth-order valence-corrected chi connectivity index (χ4v) is 0.423. The lowest BCUT2D eigenvalue weighted by atomic mass is 10.4. The van der Waals surface area contributed by atoms with Gasteiger partial charge in [0.2, 0.25) is 12.1 Å². The fourth-order valence-electron chi connectivity index (χ4n) is 0.423. The summed E-state index contributed by atoms with van der Waals surface area (Å²) < 4.78 is 9.21. The summed E-state index contributed by atoms with van der Waals surface area (Å²) in [5, 5.41) is 15.2. The third kappa shape index (κ3) is 3.92. The molecule has 0 heterocycles. The molecule has 5 heteroatoms. The van der Waals surface area contributed by atoms with Gasteiger partial charge in [0.1, 0.15) is 6.42 Å². The molecule has 0 radical (unpaired) electrons. The summed E-state index contributed by atoms with van der Waals surface area (Å²) in [5.41, 5.74) is 0. The van der Waals surface area contributed by atoms with Gasteiger partial charge in [0.15, 0.2) is 5.90 Å². The molecule has 0 bridgehead atoms. The Hall–Kier alpha value is -1.57. The minimum atomic E-state index is 0.0147. The minimum absolute atomic E-state index is 0.0147. The van der Waals surface area contributed by atoms with E-state index in [4.69, 9.17) is 10.7 Å². The molecule has 1 N–H and O–H groups in total. The van der Waals surface area contributed by atoms with Crippen LogP contribution in [-0.2, 0) is 9.47 Å². The largest absolute Gasteiger partial charge is 0.484 e. The molecule has 5 nitrogen and oxygen atoms in total. The van der Waals surface area contributed by atoms with Gasteiger partial charge in [-0.2, -0.15) is 5.26 Å². The van der Waals surface area contributed by atoms with E-state index in [2.05, 4.69) is 14.5 Å². The lowest BCUT2D eigenvalue weighted by molar-refractivity contribution is 0.370. The quantitative estimate of drug-likeness (QED) is 0.359. The van der Waals surface area contributed by atoms with Crippen molar-refractivity contribution in [1.82, 2.24) is 0 Å². The van der Waals surface area contributed by atoms with Crippen molar-refractivity contribution in [2.75, 3.05) is 14.2 Å². The van der Waals surface area contributed by atoms with Crippen molar-refractivity contribution in [2.45, 2.75) is 6.42 Å². The molecule has 0 saturated heterocycles. The van der Waals surface area contributed by atoms with Gasteiger partial charge in [0, 0.05) is 0 Å². The number of hydrogen-bond acceptors (Lipinski definition) is 5. The van der Waals surface area contributed by atoms with Gasteiger partial charge in [-0.25, -0.2) is 0 Å². The van der Waals surface area contributed by atoms with Crippen molar-refractivity contribution in [3.8, 4) is 6.19 Å². The number of rotatable bonds is 2. The molecule has 0 rings (SSSR count). The Labute approximate surface area is 64.8 Å². The Balaban J connectivity index is 4.01. The topological polar surface area (TPSA) is 78.5 Å².